The van der Waals surface area contributed by atoms with Gasteiger partial charge in [0.1, 0.15) is 0 Å². The van der Waals surface area contributed by atoms with E-state index in [0.29, 0.717) is 0 Å². The van der Waals surface area contributed by atoms with Gasteiger partial charge in [-0.2, -0.15) is 0 Å². The fourth-order valence-electron chi connectivity index (χ4n) is 2.24. The molecule has 1 atom stereocenters. The maximum atomic E-state index is 9.23. The van der Waals surface area contributed by atoms with Gasteiger partial charge in [0.15, 0.2) is 0 Å². The van der Waals surface area contributed by atoms with Crippen molar-refractivity contribution in [2.45, 2.75) is 45.6 Å². The van der Waals surface area contributed by atoms with Crippen molar-refractivity contribution in [2.24, 2.45) is 5.92 Å². The fraction of sp³-hybridized carbons (Fsp3) is 1.00. The van der Waals surface area contributed by atoms with Gasteiger partial charge in [0, 0.05) is 6.54 Å². The molecule has 0 aromatic rings. The van der Waals surface area contributed by atoms with Gasteiger partial charge in [-0.25, -0.2) is 0 Å². The first-order chi connectivity index (χ1) is 6.22. The van der Waals surface area contributed by atoms with Gasteiger partial charge in [-0.1, -0.05) is 19.8 Å². The molecule has 0 unspecified atom stereocenters. The second-order valence-corrected chi connectivity index (χ2v) is 4.38. The first kappa shape index (κ1) is 11.0. The summed E-state index contributed by atoms with van der Waals surface area (Å²) in [6.45, 7) is 7.38. The maximum Gasteiger partial charge on any atom is 0.0639 e. The number of hydrogen-bond donors (Lipinski definition) is 1. The molecule has 0 aliphatic carbocycles. The zero-order valence-electron chi connectivity index (χ0n) is 9.00. The standard InChI is InChI=1S/C11H23NO/c1-3-4-11-5-7-12(8-6-11)9-10(2)13/h10-11,13H,3-9H2,1-2H3/t10-/m0/s1. The molecule has 0 radical (unpaired) electrons. The average Bonchev–Trinajstić information content (AvgIpc) is 2.08. The van der Waals surface area contributed by atoms with E-state index in [1.54, 1.807) is 0 Å². The summed E-state index contributed by atoms with van der Waals surface area (Å²) in [4.78, 5) is 2.39. The summed E-state index contributed by atoms with van der Waals surface area (Å²) in [6.07, 6.45) is 5.22. The molecule has 1 aliphatic heterocycles. The number of aliphatic hydroxyl groups is 1. The van der Waals surface area contributed by atoms with Gasteiger partial charge < -0.3 is 10.0 Å². The van der Waals surface area contributed by atoms with E-state index in [2.05, 4.69) is 11.8 Å². The molecule has 0 saturated carbocycles. The Balaban J connectivity index is 2.15. The molecule has 0 aromatic carbocycles. The van der Waals surface area contributed by atoms with Crippen molar-refractivity contribution in [3.63, 3.8) is 0 Å². The third-order valence-corrected chi connectivity index (χ3v) is 2.93. The van der Waals surface area contributed by atoms with E-state index >= 15 is 0 Å². The Kier molecular flexibility index (Phi) is 4.74. The Morgan fingerprint density at radius 2 is 2.00 bits per heavy atom. The molecule has 2 nitrogen and oxygen atoms in total. The second-order valence-electron chi connectivity index (χ2n) is 4.38. The topological polar surface area (TPSA) is 23.5 Å². The highest BCUT2D eigenvalue weighted by molar-refractivity contribution is 4.72. The van der Waals surface area contributed by atoms with Crippen LogP contribution in [0.25, 0.3) is 0 Å². The lowest BCUT2D eigenvalue weighted by Gasteiger charge is -2.32. The normalized spacial score (nSPS) is 23.3. The molecular formula is C11H23NO. The average molecular weight is 185 g/mol. The van der Waals surface area contributed by atoms with Gasteiger partial charge >= 0.3 is 0 Å². The number of rotatable bonds is 4. The van der Waals surface area contributed by atoms with E-state index in [9.17, 15) is 5.11 Å². The minimum absolute atomic E-state index is 0.164. The van der Waals surface area contributed by atoms with Gasteiger partial charge in [-0.3, -0.25) is 0 Å². The van der Waals surface area contributed by atoms with E-state index in [-0.39, 0.29) is 6.10 Å². The molecule has 0 aromatic heterocycles. The quantitative estimate of drug-likeness (QED) is 0.723. The number of piperidine rings is 1. The molecule has 1 rings (SSSR count). The zero-order chi connectivity index (χ0) is 9.68. The van der Waals surface area contributed by atoms with Crippen molar-refractivity contribution in [3.05, 3.63) is 0 Å². The Bertz CT molecular complexity index is 128. The van der Waals surface area contributed by atoms with Crippen LogP contribution in [0.15, 0.2) is 0 Å². The summed E-state index contributed by atoms with van der Waals surface area (Å²) in [5, 5.41) is 9.23. The number of likely N-dealkylation sites (tertiary alicyclic amines) is 1. The molecule has 1 aliphatic rings. The molecule has 1 fully saturated rings. The number of aliphatic hydroxyl groups excluding tert-OH is 1. The lowest BCUT2D eigenvalue weighted by Crippen LogP contribution is -2.38. The molecule has 78 valence electrons. The van der Waals surface area contributed by atoms with Crippen molar-refractivity contribution in [3.8, 4) is 0 Å². The molecule has 2 heteroatoms. The molecule has 1 heterocycles. The predicted molar refractivity (Wildman–Crippen MR) is 55.8 cm³/mol. The van der Waals surface area contributed by atoms with Crippen molar-refractivity contribution < 1.29 is 5.11 Å². The van der Waals surface area contributed by atoms with Crippen LogP contribution in [-0.4, -0.2) is 35.7 Å². The van der Waals surface area contributed by atoms with Gasteiger partial charge in [0.25, 0.3) is 0 Å². The molecule has 0 amide bonds. The van der Waals surface area contributed by atoms with Crippen LogP contribution in [0.5, 0.6) is 0 Å². The fourth-order valence-corrected chi connectivity index (χ4v) is 2.24. The second kappa shape index (κ2) is 5.61. The molecule has 0 bridgehead atoms. The zero-order valence-corrected chi connectivity index (χ0v) is 9.00. The van der Waals surface area contributed by atoms with Gasteiger partial charge in [-0.15, -0.1) is 0 Å². The number of nitrogens with zero attached hydrogens (tertiary/aromatic N) is 1. The highest BCUT2D eigenvalue weighted by Crippen LogP contribution is 2.21. The highest BCUT2D eigenvalue weighted by atomic mass is 16.3. The third-order valence-electron chi connectivity index (χ3n) is 2.93. The first-order valence-corrected chi connectivity index (χ1v) is 5.62. The van der Waals surface area contributed by atoms with Gasteiger partial charge in [-0.05, 0) is 38.8 Å². The molecule has 1 N–H and O–H groups in total. The van der Waals surface area contributed by atoms with Gasteiger partial charge in [0.05, 0.1) is 6.10 Å². The smallest absolute Gasteiger partial charge is 0.0639 e. The monoisotopic (exact) mass is 185 g/mol. The summed E-state index contributed by atoms with van der Waals surface area (Å²) in [7, 11) is 0. The van der Waals surface area contributed by atoms with Crippen LogP contribution in [0, 0.1) is 5.92 Å². The Labute approximate surface area is 81.9 Å². The van der Waals surface area contributed by atoms with Crippen LogP contribution in [-0.2, 0) is 0 Å². The van der Waals surface area contributed by atoms with E-state index in [4.69, 9.17) is 0 Å². The van der Waals surface area contributed by atoms with Crippen molar-refractivity contribution >= 4 is 0 Å². The molecular weight excluding hydrogens is 162 g/mol. The van der Waals surface area contributed by atoms with Crippen LogP contribution < -0.4 is 0 Å². The molecule has 1 saturated heterocycles. The number of hydrogen-bond acceptors (Lipinski definition) is 2. The van der Waals surface area contributed by atoms with Crippen LogP contribution in [0.4, 0.5) is 0 Å². The summed E-state index contributed by atoms with van der Waals surface area (Å²) in [5.41, 5.74) is 0. The van der Waals surface area contributed by atoms with Crippen LogP contribution in [0.1, 0.15) is 39.5 Å². The largest absolute Gasteiger partial charge is 0.392 e. The highest BCUT2D eigenvalue weighted by Gasteiger charge is 2.18. The Morgan fingerprint density at radius 3 is 2.46 bits per heavy atom. The van der Waals surface area contributed by atoms with Crippen molar-refractivity contribution in [1.82, 2.24) is 4.90 Å². The SMILES string of the molecule is CCCC1CCN(C[C@H](C)O)CC1. The van der Waals surface area contributed by atoms with E-state index in [0.717, 1.165) is 12.5 Å². The summed E-state index contributed by atoms with van der Waals surface area (Å²) in [6, 6.07) is 0. The maximum absolute atomic E-state index is 9.23. The van der Waals surface area contributed by atoms with Crippen LogP contribution >= 0.6 is 0 Å². The minimum atomic E-state index is -0.164. The third kappa shape index (κ3) is 4.10. The van der Waals surface area contributed by atoms with Crippen molar-refractivity contribution in [2.75, 3.05) is 19.6 Å². The lowest BCUT2D eigenvalue weighted by atomic mass is 9.92. The number of β-amino-alcohol motifs (C(OH)–C–C–N with tert-alkyl or cyclic N) is 1. The summed E-state index contributed by atoms with van der Waals surface area (Å²) >= 11 is 0. The van der Waals surface area contributed by atoms with E-state index in [1.165, 1.54) is 38.8 Å². The minimum Gasteiger partial charge on any atom is -0.392 e. The van der Waals surface area contributed by atoms with Gasteiger partial charge in [0.2, 0.25) is 0 Å². The summed E-state index contributed by atoms with van der Waals surface area (Å²) < 4.78 is 0. The molecule has 13 heavy (non-hydrogen) atoms. The van der Waals surface area contributed by atoms with Crippen molar-refractivity contribution in [1.29, 1.82) is 0 Å². The Hall–Kier alpha value is -0.0800. The lowest BCUT2D eigenvalue weighted by molar-refractivity contribution is 0.0984. The Morgan fingerprint density at radius 1 is 1.38 bits per heavy atom. The molecule has 0 spiro atoms. The first-order valence-electron chi connectivity index (χ1n) is 5.62. The van der Waals surface area contributed by atoms with Crippen LogP contribution in [0.3, 0.4) is 0 Å². The van der Waals surface area contributed by atoms with E-state index in [1.807, 2.05) is 6.92 Å². The van der Waals surface area contributed by atoms with Crippen LogP contribution in [0.2, 0.25) is 0 Å². The predicted octanol–water partition coefficient (Wildman–Crippen LogP) is 1.88. The van der Waals surface area contributed by atoms with E-state index < -0.39 is 0 Å². The summed E-state index contributed by atoms with van der Waals surface area (Å²) in [5.74, 6) is 0.954.